The normalized spacial score (nSPS) is 11.2. The van der Waals surface area contributed by atoms with E-state index in [2.05, 4.69) is 0 Å². The first-order chi connectivity index (χ1) is 8.34. The molecule has 0 radical (unpaired) electrons. The van der Waals surface area contributed by atoms with Gasteiger partial charge in [0.1, 0.15) is 0 Å². The number of hydrogen-bond donors (Lipinski definition) is 1. The molecule has 5 heteroatoms. The van der Waals surface area contributed by atoms with Crippen LogP contribution >= 0.6 is 11.6 Å². The van der Waals surface area contributed by atoms with Crippen LogP contribution in [0.25, 0.3) is 0 Å². The van der Waals surface area contributed by atoms with Gasteiger partial charge in [-0.15, -0.1) is 0 Å². The summed E-state index contributed by atoms with van der Waals surface area (Å²) < 4.78 is 10.5. The zero-order valence-electron chi connectivity index (χ0n) is 11.0. The minimum Gasteiger partial charge on any atom is -0.493 e. The van der Waals surface area contributed by atoms with Gasteiger partial charge in [0.05, 0.1) is 24.8 Å². The Hall–Kier alpha value is -1.26. The van der Waals surface area contributed by atoms with Crippen LogP contribution in [0.3, 0.4) is 0 Å². The van der Waals surface area contributed by atoms with Crippen molar-refractivity contribution < 1.29 is 14.3 Å². The molecule has 0 aliphatic carbocycles. The lowest BCUT2D eigenvalue weighted by Crippen LogP contribution is -2.34. The molecule has 0 bridgehead atoms. The maximum atomic E-state index is 11.0. The van der Waals surface area contributed by atoms with Crippen molar-refractivity contribution in [1.82, 2.24) is 0 Å². The van der Waals surface area contributed by atoms with Gasteiger partial charge < -0.3 is 15.2 Å². The molecule has 0 aliphatic heterocycles. The monoisotopic (exact) mass is 271 g/mol. The highest BCUT2D eigenvalue weighted by atomic mass is 35.5. The van der Waals surface area contributed by atoms with E-state index in [4.69, 9.17) is 26.8 Å². The standard InChI is InChI=1S/C13H18ClNO3/c1-13(2,15)6-8-5-10(14)9(7-16)12(18-4)11(8)17-3/h5,7H,6,15H2,1-4H3. The van der Waals surface area contributed by atoms with E-state index >= 15 is 0 Å². The molecule has 1 rings (SSSR count). The largest absolute Gasteiger partial charge is 0.493 e. The maximum absolute atomic E-state index is 11.0. The Labute approximate surface area is 112 Å². The number of halogens is 1. The summed E-state index contributed by atoms with van der Waals surface area (Å²) in [5, 5.41) is 0.335. The number of benzene rings is 1. The number of nitrogens with two attached hydrogens (primary N) is 1. The molecule has 0 heterocycles. The lowest BCUT2D eigenvalue weighted by molar-refractivity contribution is 0.112. The molecule has 0 saturated carbocycles. The third kappa shape index (κ3) is 3.15. The lowest BCUT2D eigenvalue weighted by Gasteiger charge is -2.22. The van der Waals surface area contributed by atoms with Crippen molar-refractivity contribution in [2.75, 3.05) is 14.2 Å². The Morgan fingerprint density at radius 2 is 1.89 bits per heavy atom. The second-order valence-electron chi connectivity index (χ2n) is 4.78. The molecule has 0 aliphatic rings. The van der Waals surface area contributed by atoms with Gasteiger partial charge in [-0.1, -0.05) is 11.6 Å². The van der Waals surface area contributed by atoms with E-state index in [1.54, 1.807) is 6.07 Å². The summed E-state index contributed by atoms with van der Waals surface area (Å²) in [6.07, 6.45) is 1.21. The third-order valence-electron chi connectivity index (χ3n) is 2.47. The van der Waals surface area contributed by atoms with E-state index < -0.39 is 5.54 Å². The SMILES string of the molecule is COc1c(CC(C)(C)N)cc(Cl)c(C=O)c1OC. The van der Waals surface area contributed by atoms with Crippen LogP contribution in [0.2, 0.25) is 5.02 Å². The summed E-state index contributed by atoms with van der Waals surface area (Å²) in [5.74, 6) is 0.849. The summed E-state index contributed by atoms with van der Waals surface area (Å²) in [4.78, 5) is 11.0. The van der Waals surface area contributed by atoms with Crippen LogP contribution in [0.15, 0.2) is 6.07 Å². The predicted octanol–water partition coefficient (Wildman–Crippen LogP) is 2.45. The van der Waals surface area contributed by atoms with Gasteiger partial charge in [0.2, 0.25) is 0 Å². The smallest absolute Gasteiger partial charge is 0.173 e. The second kappa shape index (κ2) is 5.59. The zero-order valence-corrected chi connectivity index (χ0v) is 11.8. The second-order valence-corrected chi connectivity index (χ2v) is 5.19. The van der Waals surface area contributed by atoms with E-state index in [0.29, 0.717) is 29.2 Å². The Balaban J connectivity index is 3.44. The van der Waals surface area contributed by atoms with Gasteiger partial charge in [-0.25, -0.2) is 0 Å². The van der Waals surface area contributed by atoms with Crippen molar-refractivity contribution in [3.63, 3.8) is 0 Å². The molecule has 4 nitrogen and oxygen atoms in total. The average molecular weight is 272 g/mol. The van der Waals surface area contributed by atoms with E-state index in [1.807, 2.05) is 13.8 Å². The number of carbonyl (C=O) groups is 1. The predicted molar refractivity (Wildman–Crippen MR) is 71.9 cm³/mol. The Bertz CT molecular complexity index is 453. The van der Waals surface area contributed by atoms with Crippen molar-refractivity contribution in [2.45, 2.75) is 25.8 Å². The number of methoxy groups -OCH3 is 2. The minimum atomic E-state index is -0.412. The summed E-state index contributed by atoms with van der Waals surface area (Å²) in [7, 11) is 2.99. The Morgan fingerprint density at radius 1 is 1.33 bits per heavy atom. The minimum absolute atomic E-state index is 0.287. The quantitative estimate of drug-likeness (QED) is 0.836. The molecule has 0 amide bonds. The van der Waals surface area contributed by atoms with Crippen LogP contribution in [0, 0.1) is 0 Å². The van der Waals surface area contributed by atoms with Crippen molar-refractivity contribution in [1.29, 1.82) is 0 Å². The van der Waals surface area contributed by atoms with E-state index in [9.17, 15) is 4.79 Å². The molecule has 0 unspecified atom stereocenters. The van der Waals surface area contributed by atoms with Gasteiger partial charge >= 0.3 is 0 Å². The van der Waals surface area contributed by atoms with Crippen molar-refractivity contribution in [3.05, 3.63) is 22.2 Å². The summed E-state index contributed by atoms with van der Waals surface area (Å²) in [5.41, 5.74) is 6.69. The fourth-order valence-electron chi connectivity index (χ4n) is 1.83. The molecule has 2 N–H and O–H groups in total. The van der Waals surface area contributed by atoms with Crippen LogP contribution in [0.5, 0.6) is 11.5 Å². The molecular formula is C13H18ClNO3. The number of ether oxygens (including phenoxy) is 2. The lowest BCUT2D eigenvalue weighted by atomic mass is 9.94. The highest BCUT2D eigenvalue weighted by molar-refractivity contribution is 6.33. The maximum Gasteiger partial charge on any atom is 0.173 e. The highest BCUT2D eigenvalue weighted by Gasteiger charge is 2.22. The molecular weight excluding hydrogens is 254 g/mol. The van der Waals surface area contributed by atoms with Crippen molar-refractivity contribution in [3.8, 4) is 11.5 Å². The Morgan fingerprint density at radius 3 is 2.28 bits per heavy atom. The number of hydrogen-bond acceptors (Lipinski definition) is 4. The third-order valence-corrected chi connectivity index (χ3v) is 2.79. The Kier molecular flexibility index (Phi) is 4.59. The molecule has 0 saturated heterocycles. The van der Waals surface area contributed by atoms with Gasteiger partial charge in [0.15, 0.2) is 17.8 Å². The first-order valence-electron chi connectivity index (χ1n) is 5.51. The number of carbonyl (C=O) groups excluding carboxylic acids is 1. The van der Waals surface area contributed by atoms with Crippen LogP contribution in [0.1, 0.15) is 29.8 Å². The van der Waals surface area contributed by atoms with E-state index in [0.717, 1.165) is 5.56 Å². The van der Waals surface area contributed by atoms with Crippen LogP contribution in [-0.4, -0.2) is 26.0 Å². The molecule has 1 aromatic carbocycles. The van der Waals surface area contributed by atoms with Crippen molar-refractivity contribution in [2.24, 2.45) is 5.73 Å². The fraction of sp³-hybridized carbons (Fsp3) is 0.462. The molecule has 0 aromatic heterocycles. The first kappa shape index (κ1) is 14.8. The zero-order chi connectivity index (χ0) is 13.9. The van der Waals surface area contributed by atoms with Gasteiger partial charge in [-0.3, -0.25) is 4.79 Å². The molecule has 18 heavy (non-hydrogen) atoms. The number of aldehydes is 1. The molecule has 100 valence electrons. The highest BCUT2D eigenvalue weighted by Crippen LogP contribution is 2.39. The van der Waals surface area contributed by atoms with Crippen LogP contribution in [0.4, 0.5) is 0 Å². The fourth-order valence-corrected chi connectivity index (χ4v) is 2.09. The summed E-state index contributed by atoms with van der Waals surface area (Å²) >= 11 is 6.06. The van der Waals surface area contributed by atoms with E-state index in [1.165, 1.54) is 14.2 Å². The van der Waals surface area contributed by atoms with Crippen LogP contribution < -0.4 is 15.2 Å². The summed E-state index contributed by atoms with van der Waals surface area (Å²) in [6.45, 7) is 3.81. The topological polar surface area (TPSA) is 61.5 Å². The molecule has 0 fully saturated rings. The average Bonchev–Trinajstić information content (AvgIpc) is 2.25. The number of rotatable bonds is 5. The van der Waals surface area contributed by atoms with E-state index in [-0.39, 0.29) is 5.56 Å². The van der Waals surface area contributed by atoms with Crippen molar-refractivity contribution >= 4 is 17.9 Å². The molecule has 1 aromatic rings. The first-order valence-corrected chi connectivity index (χ1v) is 5.89. The van der Waals surface area contributed by atoms with Gasteiger partial charge in [0.25, 0.3) is 0 Å². The van der Waals surface area contributed by atoms with Crippen LogP contribution in [-0.2, 0) is 6.42 Å². The summed E-state index contributed by atoms with van der Waals surface area (Å²) in [6, 6.07) is 1.70. The van der Waals surface area contributed by atoms with Gasteiger partial charge in [-0.05, 0) is 26.3 Å². The van der Waals surface area contributed by atoms with Gasteiger partial charge in [-0.2, -0.15) is 0 Å². The van der Waals surface area contributed by atoms with Gasteiger partial charge in [0, 0.05) is 11.1 Å². The molecule has 0 spiro atoms. The molecule has 0 atom stereocenters.